The van der Waals surface area contributed by atoms with Crippen LogP contribution in [0.2, 0.25) is 0 Å². The van der Waals surface area contributed by atoms with E-state index < -0.39 is 18.0 Å². The molecule has 0 radical (unpaired) electrons. The van der Waals surface area contributed by atoms with Crippen LogP contribution in [0.4, 0.5) is 41.1 Å². The van der Waals surface area contributed by atoms with Crippen molar-refractivity contribution in [2.24, 2.45) is 0 Å². The maximum Gasteiger partial charge on any atom is 0.433 e. The summed E-state index contributed by atoms with van der Waals surface area (Å²) in [6, 6.07) is 8.69. The van der Waals surface area contributed by atoms with Gasteiger partial charge in [0.25, 0.3) is 0 Å². The quantitative estimate of drug-likeness (QED) is 0.482. The van der Waals surface area contributed by atoms with Crippen LogP contribution in [-0.2, 0) is 10.9 Å². The summed E-state index contributed by atoms with van der Waals surface area (Å²) in [5, 5.41) is 8.52. The minimum absolute atomic E-state index is 0.151. The van der Waals surface area contributed by atoms with Gasteiger partial charge in [0.1, 0.15) is 28.8 Å². The number of nitrogens with zero attached hydrogens (tertiary/aromatic N) is 4. The van der Waals surface area contributed by atoms with Gasteiger partial charge in [0.15, 0.2) is 5.82 Å². The minimum atomic E-state index is -4.58. The van der Waals surface area contributed by atoms with Gasteiger partial charge in [-0.05, 0) is 45.0 Å². The van der Waals surface area contributed by atoms with E-state index in [1.807, 2.05) is 20.8 Å². The van der Waals surface area contributed by atoms with Gasteiger partial charge in [-0.25, -0.2) is 19.7 Å². The van der Waals surface area contributed by atoms with E-state index in [1.54, 1.807) is 24.3 Å². The molecule has 3 N–H and O–H groups in total. The highest BCUT2D eigenvalue weighted by atomic mass is 19.4. The molecule has 0 spiro atoms. The molecule has 3 heterocycles. The maximum atomic E-state index is 13.0. The summed E-state index contributed by atoms with van der Waals surface area (Å²) in [7, 11) is 1.23. The molecule has 0 aliphatic heterocycles. The number of carbonyl (C=O) groups is 1. The number of rotatable bonds is 5. The lowest BCUT2D eigenvalue weighted by Crippen LogP contribution is -2.27. The molecular weight excluding hydrogens is 439 g/mol. The molecule has 0 saturated carbocycles. The zero-order valence-electron chi connectivity index (χ0n) is 18.3. The zero-order chi connectivity index (χ0) is 24.2. The summed E-state index contributed by atoms with van der Waals surface area (Å²) in [5.74, 6) is 1.06. The molecular formula is C21H22F3N7O2. The number of nitrogens with one attached hydrogen (secondary N) is 3. The molecule has 0 bridgehead atoms. The predicted octanol–water partition coefficient (Wildman–Crippen LogP) is 5.08. The van der Waals surface area contributed by atoms with E-state index in [2.05, 4.69) is 40.6 Å². The van der Waals surface area contributed by atoms with Gasteiger partial charge in [-0.1, -0.05) is 6.07 Å². The van der Waals surface area contributed by atoms with E-state index in [0.717, 1.165) is 12.3 Å². The molecule has 3 aromatic rings. The average Bonchev–Trinajstić information content (AvgIpc) is 2.72. The van der Waals surface area contributed by atoms with Gasteiger partial charge in [-0.2, -0.15) is 13.2 Å². The molecule has 0 atom stereocenters. The van der Waals surface area contributed by atoms with Crippen molar-refractivity contribution < 1.29 is 22.7 Å². The number of aromatic nitrogens is 4. The molecule has 9 nitrogen and oxygen atoms in total. The highest BCUT2D eigenvalue weighted by molar-refractivity contribution is 5.83. The lowest BCUT2D eigenvalue weighted by molar-refractivity contribution is -0.141. The van der Waals surface area contributed by atoms with Gasteiger partial charge in [0.2, 0.25) is 0 Å². The SMILES string of the molecule is COC(=O)Nc1cccc(-c2nc(Nc3ccnc(C(F)(F)F)c3)cc(NC(C)(C)C)n2)n1. The summed E-state index contributed by atoms with van der Waals surface area (Å²) < 4.78 is 43.6. The summed E-state index contributed by atoms with van der Waals surface area (Å²) >= 11 is 0. The Kier molecular flexibility index (Phi) is 6.65. The Hall–Kier alpha value is -3.96. The van der Waals surface area contributed by atoms with E-state index in [-0.39, 0.29) is 28.7 Å². The Bertz CT molecular complexity index is 1150. The first kappa shape index (κ1) is 23.7. The average molecular weight is 461 g/mol. The maximum absolute atomic E-state index is 13.0. The number of methoxy groups -OCH3 is 1. The van der Waals surface area contributed by atoms with Gasteiger partial charge in [0.05, 0.1) is 7.11 Å². The van der Waals surface area contributed by atoms with Crippen LogP contribution >= 0.6 is 0 Å². The third-order valence-corrected chi connectivity index (χ3v) is 3.95. The van der Waals surface area contributed by atoms with Crippen molar-refractivity contribution in [3.8, 4) is 11.5 Å². The summed E-state index contributed by atoms with van der Waals surface area (Å²) in [5.41, 5.74) is -0.906. The van der Waals surface area contributed by atoms with Crippen LogP contribution in [0.3, 0.4) is 0 Å². The van der Waals surface area contributed by atoms with Gasteiger partial charge in [-0.3, -0.25) is 10.3 Å². The standard InChI is InChI=1S/C21H22F3N7O2/c1-20(2,3)31-17-11-16(26-12-8-9-25-14(10-12)21(22,23)24)28-18(29-17)13-6-5-7-15(27-13)30-19(32)33-4/h5-11H,1-4H3,(H,27,30,32)(H2,25,26,28,29,31). The fourth-order valence-electron chi connectivity index (χ4n) is 2.67. The number of amides is 1. The molecule has 0 saturated heterocycles. The largest absolute Gasteiger partial charge is 0.453 e. The van der Waals surface area contributed by atoms with Crippen molar-refractivity contribution >= 4 is 29.2 Å². The van der Waals surface area contributed by atoms with Crippen molar-refractivity contribution in [3.63, 3.8) is 0 Å². The number of anilines is 4. The number of hydrogen-bond donors (Lipinski definition) is 3. The first-order valence-electron chi connectivity index (χ1n) is 9.73. The fraction of sp³-hybridized carbons (Fsp3) is 0.286. The van der Waals surface area contributed by atoms with Crippen LogP contribution in [-0.4, -0.2) is 38.7 Å². The first-order valence-corrected chi connectivity index (χ1v) is 9.73. The first-order chi connectivity index (χ1) is 15.4. The number of hydrogen-bond acceptors (Lipinski definition) is 8. The summed E-state index contributed by atoms with van der Waals surface area (Å²) in [6.45, 7) is 5.79. The van der Waals surface area contributed by atoms with Gasteiger partial charge in [0, 0.05) is 23.5 Å². The predicted molar refractivity (Wildman–Crippen MR) is 117 cm³/mol. The minimum Gasteiger partial charge on any atom is -0.453 e. The Balaban J connectivity index is 2.00. The monoisotopic (exact) mass is 461 g/mol. The van der Waals surface area contributed by atoms with Crippen molar-refractivity contribution in [1.29, 1.82) is 0 Å². The van der Waals surface area contributed by atoms with Crippen molar-refractivity contribution in [1.82, 2.24) is 19.9 Å². The molecule has 0 aromatic carbocycles. The second-order valence-electron chi connectivity index (χ2n) is 7.91. The fourth-order valence-corrected chi connectivity index (χ4v) is 2.67. The molecule has 174 valence electrons. The topological polar surface area (TPSA) is 114 Å². The van der Waals surface area contributed by atoms with E-state index in [4.69, 9.17) is 0 Å². The Morgan fingerprint density at radius 1 is 0.970 bits per heavy atom. The van der Waals surface area contributed by atoms with Gasteiger partial charge < -0.3 is 15.4 Å². The van der Waals surface area contributed by atoms with Gasteiger partial charge in [-0.15, -0.1) is 0 Å². The number of halogens is 3. The van der Waals surface area contributed by atoms with Gasteiger partial charge >= 0.3 is 12.3 Å². The van der Waals surface area contributed by atoms with E-state index in [0.29, 0.717) is 11.5 Å². The van der Waals surface area contributed by atoms with Crippen LogP contribution in [0.25, 0.3) is 11.5 Å². The van der Waals surface area contributed by atoms with Crippen LogP contribution in [0, 0.1) is 0 Å². The molecule has 33 heavy (non-hydrogen) atoms. The van der Waals surface area contributed by atoms with Crippen LogP contribution in [0.15, 0.2) is 42.6 Å². The molecule has 3 rings (SSSR count). The molecule has 0 aliphatic rings. The Morgan fingerprint density at radius 3 is 2.36 bits per heavy atom. The number of carbonyl (C=O) groups excluding carboxylic acids is 1. The van der Waals surface area contributed by atoms with Crippen LogP contribution in [0.1, 0.15) is 26.5 Å². The third-order valence-electron chi connectivity index (χ3n) is 3.95. The lowest BCUT2D eigenvalue weighted by Gasteiger charge is -2.22. The molecule has 0 unspecified atom stereocenters. The molecule has 1 amide bonds. The number of ether oxygens (including phenoxy) is 1. The van der Waals surface area contributed by atoms with Crippen LogP contribution in [0.5, 0.6) is 0 Å². The second-order valence-corrected chi connectivity index (χ2v) is 7.91. The van der Waals surface area contributed by atoms with Crippen molar-refractivity contribution in [3.05, 3.63) is 48.3 Å². The molecule has 3 aromatic heterocycles. The van der Waals surface area contributed by atoms with Crippen molar-refractivity contribution in [2.45, 2.75) is 32.5 Å². The third kappa shape index (κ3) is 6.76. The zero-order valence-corrected chi connectivity index (χ0v) is 18.3. The molecule has 0 aliphatic carbocycles. The molecule has 12 heteroatoms. The smallest absolute Gasteiger partial charge is 0.433 e. The number of alkyl halides is 3. The van der Waals surface area contributed by atoms with E-state index >= 15 is 0 Å². The summed E-state index contributed by atoms with van der Waals surface area (Å²) in [6.07, 6.45) is -4.21. The Labute approximate surface area is 187 Å². The second kappa shape index (κ2) is 9.27. The summed E-state index contributed by atoms with van der Waals surface area (Å²) in [4.78, 5) is 28.0. The van der Waals surface area contributed by atoms with E-state index in [9.17, 15) is 18.0 Å². The normalized spacial score (nSPS) is 11.6. The molecule has 0 fully saturated rings. The van der Waals surface area contributed by atoms with E-state index in [1.165, 1.54) is 13.2 Å². The highest BCUT2D eigenvalue weighted by Gasteiger charge is 2.32. The van der Waals surface area contributed by atoms with Crippen molar-refractivity contribution in [2.75, 3.05) is 23.1 Å². The lowest BCUT2D eigenvalue weighted by atomic mass is 10.1. The van der Waals surface area contributed by atoms with Crippen LogP contribution < -0.4 is 16.0 Å². The number of pyridine rings is 2. The highest BCUT2D eigenvalue weighted by Crippen LogP contribution is 2.30. The Morgan fingerprint density at radius 2 is 1.70 bits per heavy atom.